The molecule has 8 heteroatoms. The van der Waals surface area contributed by atoms with E-state index < -0.39 is 6.43 Å². The van der Waals surface area contributed by atoms with Crippen molar-refractivity contribution >= 4 is 11.8 Å². The van der Waals surface area contributed by atoms with Crippen LogP contribution in [-0.2, 0) is 11.3 Å². The van der Waals surface area contributed by atoms with Crippen LogP contribution in [0.2, 0.25) is 0 Å². The fraction of sp³-hybridized carbons (Fsp3) is 0.875. The monoisotopic (exact) mass is 250 g/mol. The number of aromatic nitrogens is 4. The Morgan fingerprint density at radius 1 is 1.56 bits per heavy atom. The molecule has 0 radical (unpaired) electrons. The molecular formula is C8H12F2N4OS. The van der Waals surface area contributed by atoms with Crippen LogP contribution in [0.1, 0.15) is 12.8 Å². The average Bonchev–Trinajstić information content (AvgIpc) is 2.87. The zero-order valence-corrected chi connectivity index (χ0v) is 9.37. The van der Waals surface area contributed by atoms with Gasteiger partial charge in [0, 0.05) is 6.61 Å². The van der Waals surface area contributed by atoms with Crippen LogP contribution in [0.4, 0.5) is 8.78 Å². The Labute approximate surface area is 95.5 Å². The first-order valence-electron chi connectivity index (χ1n) is 5.04. The maximum absolute atomic E-state index is 12.0. The molecule has 1 unspecified atom stereocenters. The van der Waals surface area contributed by atoms with E-state index in [9.17, 15) is 8.78 Å². The summed E-state index contributed by atoms with van der Waals surface area (Å²) in [6.45, 7) is 1.30. The van der Waals surface area contributed by atoms with E-state index in [0.717, 1.165) is 31.2 Å². The Balaban J connectivity index is 1.90. The van der Waals surface area contributed by atoms with Gasteiger partial charge in [0.25, 0.3) is 0 Å². The third kappa shape index (κ3) is 3.11. The molecule has 0 N–H and O–H groups in total. The topological polar surface area (TPSA) is 52.8 Å². The van der Waals surface area contributed by atoms with Crippen LogP contribution >= 0.6 is 11.8 Å². The molecular weight excluding hydrogens is 238 g/mol. The minimum atomic E-state index is -2.35. The van der Waals surface area contributed by atoms with Gasteiger partial charge in [0.05, 0.1) is 18.4 Å². The summed E-state index contributed by atoms with van der Waals surface area (Å²) in [5.74, 6) is -0.286. The van der Waals surface area contributed by atoms with Gasteiger partial charge in [-0.2, -0.15) is 0 Å². The van der Waals surface area contributed by atoms with Gasteiger partial charge in [0.15, 0.2) is 0 Å². The molecule has 0 spiro atoms. The smallest absolute Gasteiger partial charge is 0.248 e. The molecule has 1 aromatic heterocycles. The first-order chi connectivity index (χ1) is 7.75. The van der Waals surface area contributed by atoms with Gasteiger partial charge in [-0.3, -0.25) is 0 Å². The van der Waals surface area contributed by atoms with Gasteiger partial charge in [0.1, 0.15) is 0 Å². The predicted octanol–water partition coefficient (Wildman–Crippen LogP) is 1.21. The Bertz CT molecular complexity index is 330. The Kier molecular flexibility index (Phi) is 4.05. The summed E-state index contributed by atoms with van der Waals surface area (Å²) in [7, 11) is 0. The minimum Gasteiger partial charge on any atom is -0.376 e. The molecule has 0 bridgehead atoms. The van der Waals surface area contributed by atoms with Crippen molar-refractivity contribution in [2.75, 3.05) is 12.4 Å². The second-order valence-electron chi connectivity index (χ2n) is 3.48. The van der Waals surface area contributed by atoms with E-state index >= 15 is 0 Å². The first-order valence-corrected chi connectivity index (χ1v) is 6.03. The fourth-order valence-corrected chi connectivity index (χ4v) is 2.16. The van der Waals surface area contributed by atoms with Crippen LogP contribution in [0.15, 0.2) is 5.16 Å². The van der Waals surface area contributed by atoms with Crippen LogP contribution in [-0.4, -0.2) is 45.1 Å². The van der Waals surface area contributed by atoms with Crippen molar-refractivity contribution < 1.29 is 13.5 Å². The summed E-state index contributed by atoms with van der Waals surface area (Å²) in [4.78, 5) is 0. The zero-order chi connectivity index (χ0) is 11.4. The van der Waals surface area contributed by atoms with Crippen molar-refractivity contribution in [3.05, 3.63) is 0 Å². The summed E-state index contributed by atoms with van der Waals surface area (Å²) in [5, 5.41) is 11.4. The van der Waals surface area contributed by atoms with Crippen LogP contribution < -0.4 is 0 Å². The van der Waals surface area contributed by atoms with Crippen LogP contribution in [0, 0.1) is 0 Å². The predicted molar refractivity (Wildman–Crippen MR) is 53.5 cm³/mol. The summed E-state index contributed by atoms with van der Waals surface area (Å²) in [6, 6.07) is 0. The second-order valence-corrected chi connectivity index (χ2v) is 4.47. The molecule has 2 rings (SSSR count). The van der Waals surface area contributed by atoms with Crippen molar-refractivity contribution in [3.8, 4) is 0 Å². The second kappa shape index (κ2) is 5.53. The van der Waals surface area contributed by atoms with E-state index in [2.05, 4.69) is 15.5 Å². The Hall–Kier alpha value is -0.760. The van der Waals surface area contributed by atoms with Gasteiger partial charge in [-0.05, 0) is 23.3 Å². The SMILES string of the molecule is FC(F)CSc1nnnn1CC1CCCO1. The number of hydrogen-bond acceptors (Lipinski definition) is 5. The highest BCUT2D eigenvalue weighted by Gasteiger charge is 2.19. The molecule has 0 amide bonds. The normalized spacial score (nSPS) is 20.8. The van der Waals surface area contributed by atoms with Crippen molar-refractivity contribution in [1.29, 1.82) is 0 Å². The highest BCUT2D eigenvalue weighted by Crippen LogP contribution is 2.19. The molecule has 0 aromatic carbocycles. The average molecular weight is 250 g/mol. The number of nitrogens with zero attached hydrogens (tertiary/aromatic N) is 4. The molecule has 0 saturated carbocycles. The molecule has 1 atom stereocenters. The Morgan fingerprint density at radius 3 is 3.12 bits per heavy atom. The van der Waals surface area contributed by atoms with Crippen LogP contribution in [0.25, 0.3) is 0 Å². The lowest BCUT2D eigenvalue weighted by Gasteiger charge is -2.09. The van der Waals surface area contributed by atoms with Gasteiger partial charge < -0.3 is 4.74 Å². The zero-order valence-electron chi connectivity index (χ0n) is 8.55. The molecule has 90 valence electrons. The highest BCUT2D eigenvalue weighted by atomic mass is 32.2. The summed E-state index contributed by atoms with van der Waals surface area (Å²) in [6.07, 6.45) is -0.238. The summed E-state index contributed by atoms with van der Waals surface area (Å²) >= 11 is 0.966. The van der Waals surface area contributed by atoms with Crippen molar-refractivity contribution in [2.24, 2.45) is 0 Å². The van der Waals surface area contributed by atoms with Crippen LogP contribution in [0.3, 0.4) is 0 Å². The largest absolute Gasteiger partial charge is 0.376 e. The van der Waals surface area contributed by atoms with Gasteiger partial charge in [0.2, 0.25) is 11.6 Å². The third-order valence-electron chi connectivity index (χ3n) is 2.24. The van der Waals surface area contributed by atoms with Crippen molar-refractivity contribution in [2.45, 2.75) is 37.1 Å². The summed E-state index contributed by atoms with van der Waals surface area (Å²) < 4.78 is 31.0. The maximum Gasteiger partial charge on any atom is 0.248 e. The van der Waals surface area contributed by atoms with Gasteiger partial charge in [-0.25, -0.2) is 13.5 Å². The molecule has 1 aromatic rings. The lowest BCUT2D eigenvalue weighted by molar-refractivity contribution is 0.0911. The minimum absolute atomic E-state index is 0.106. The van der Waals surface area contributed by atoms with Gasteiger partial charge in [-0.1, -0.05) is 11.8 Å². The van der Waals surface area contributed by atoms with Crippen LogP contribution in [0.5, 0.6) is 0 Å². The van der Waals surface area contributed by atoms with E-state index in [1.807, 2.05) is 0 Å². The fourth-order valence-electron chi connectivity index (χ4n) is 1.53. The van der Waals surface area contributed by atoms with Crippen molar-refractivity contribution in [3.63, 3.8) is 0 Å². The van der Waals surface area contributed by atoms with E-state index in [1.54, 1.807) is 0 Å². The molecule has 5 nitrogen and oxygen atoms in total. The number of alkyl halides is 2. The molecule has 2 heterocycles. The summed E-state index contributed by atoms with van der Waals surface area (Å²) in [5.41, 5.74) is 0. The maximum atomic E-state index is 12.0. The lowest BCUT2D eigenvalue weighted by atomic mass is 10.2. The van der Waals surface area contributed by atoms with E-state index in [-0.39, 0.29) is 11.9 Å². The van der Waals surface area contributed by atoms with Gasteiger partial charge in [-0.15, -0.1) is 5.10 Å². The van der Waals surface area contributed by atoms with E-state index in [1.165, 1.54) is 4.68 Å². The molecule has 16 heavy (non-hydrogen) atoms. The lowest BCUT2D eigenvalue weighted by Crippen LogP contribution is -2.17. The van der Waals surface area contributed by atoms with E-state index in [4.69, 9.17) is 4.74 Å². The highest BCUT2D eigenvalue weighted by molar-refractivity contribution is 7.99. The number of thioether (sulfide) groups is 1. The Morgan fingerprint density at radius 2 is 2.44 bits per heavy atom. The standard InChI is InChI=1S/C8H12F2N4OS/c9-7(10)5-16-8-11-12-13-14(8)4-6-2-1-3-15-6/h6-7H,1-5H2. The third-order valence-corrected chi connectivity index (χ3v) is 3.21. The van der Waals surface area contributed by atoms with E-state index in [0.29, 0.717) is 11.7 Å². The van der Waals surface area contributed by atoms with Gasteiger partial charge >= 0.3 is 0 Å². The van der Waals surface area contributed by atoms with Crippen molar-refractivity contribution in [1.82, 2.24) is 20.2 Å². The number of halogens is 2. The quantitative estimate of drug-likeness (QED) is 0.735. The first kappa shape index (κ1) is 11.7. The molecule has 1 aliphatic rings. The number of ether oxygens (including phenoxy) is 1. The number of tetrazole rings is 1. The molecule has 1 fully saturated rings. The number of hydrogen-bond donors (Lipinski definition) is 0. The molecule has 1 aliphatic heterocycles. The molecule has 1 saturated heterocycles. The number of rotatable bonds is 5. The molecule has 0 aliphatic carbocycles.